The smallest absolute Gasteiger partial charge is 0.120 e. The second-order valence-corrected chi connectivity index (χ2v) is 7.75. The molecule has 3 nitrogen and oxygen atoms in total. The molecule has 19 heavy (non-hydrogen) atoms. The molecular weight excluding hydrogens is 254 g/mol. The van der Waals surface area contributed by atoms with Gasteiger partial charge in [0.1, 0.15) is 10.0 Å². The maximum atomic E-state index is 4.43. The molecule has 4 heteroatoms. The fourth-order valence-electron chi connectivity index (χ4n) is 3.20. The first kappa shape index (κ1) is 13.5. The summed E-state index contributed by atoms with van der Waals surface area (Å²) in [7, 11) is 0. The number of fused-ring (bicyclic) bond motifs is 1. The van der Waals surface area contributed by atoms with Gasteiger partial charge in [0.2, 0.25) is 0 Å². The van der Waals surface area contributed by atoms with E-state index in [1.807, 2.05) is 11.3 Å². The SMILES string of the molecule is CC(C)CNCCCc1nnc(C2CC3CC3C2)s1. The zero-order valence-corrected chi connectivity index (χ0v) is 12.9. The molecule has 1 aromatic heterocycles. The van der Waals surface area contributed by atoms with Crippen molar-refractivity contribution < 1.29 is 0 Å². The molecule has 1 aromatic rings. The average molecular weight is 279 g/mol. The fourth-order valence-corrected chi connectivity index (χ4v) is 4.21. The fraction of sp³-hybridized carbons (Fsp3) is 0.867. The van der Waals surface area contributed by atoms with Gasteiger partial charge in [-0.3, -0.25) is 0 Å². The van der Waals surface area contributed by atoms with E-state index in [-0.39, 0.29) is 0 Å². The topological polar surface area (TPSA) is 37.8 Å². The number of hydrogen-bond donors (Lipinski definition) is 1. The molecule has 1 heterocycles. The van der Waals surface area contributed by atoms with Gasteiger partial charge in [-0.2, -0.15) is 0 Å². The van der Waals surface area contributed by atoms with E-state index >= 15 is 0 Å². The van der Waals surface area contributed by atoms with Crippen molar-refractivity contribution in [2.75, 3.05) is 13.1 Å². The molecule has 2 atom stereocenters. The summed E-state index contributed by atoms with van der Waals surface area (Å²) in [5.74, 6) is 3.56. The van der Waals surface area contributed by atoms with Crippen LogP contribution in [0.3, 0.4) is 0 Å². The number of aromatic nitrogens is 2. The van der Waals surface area contributed by atoms with E-state index in [2.05, 4.69) is 29.4 Å². The summed E-state index contributed by atoms with van der Waals surface area (Å²) < 4.78 is 0. The Morgan fingerprint density at radius 1 is 1.21 bits per heavy atom. The third-order valence-corrected chi connectivity index (χ3v) is 5.52. The van der Waals surface area contributed by atoms with Crippen LogP contribution >= 0.6 is 11.3 Å². The Hall–Kier alpha value is -0.480. The highest BCUT2D eigenvalue weighted by Gasteiger charge is 2.47. The van der Waals surface area contributed by atoms with Gasteiger partial charge in [0, 0.05) is 12.3 Å². The first-order chi connectivity index (χ1) is 9.22. The summed E-state index contributed by atoms with van der Waals surface area (Å²) in [6.45, 7) is 6.71. The summed E-state index contributed by atoms with van der Waals surface area (Å²) in [5, 5.41) is 14.8. The summed E-state index contributed by atoms with van der Waals surface area (Å²) in [4.78, 5) is 0. The molecule has 2 unspecified atom stereocenters. The zero-order valence-electron chi connectivity index (χ0n) is 12.1. The van der Waals surface area contributed by atoms with E-state index < -0.39 is 0 Å². The lowest BCUT2D eigenvalue weighted by molar-refractivity contribution is 0.542. The summed E-state index contributed by atoms with van der Waals surface area (Å²) >= 11 is 1.87. The van der Waals surface area contributed by atoms with Gasteiger partial charge >= 0.3 is 0 Å². The van der Waals surface area contributed by atoms with Gasteiger partial charge in [-0.15, -0.1) is 21.5 Å². The van der Waals surface area contributed by atoms with E-state index in [1.165, 1.54) is 35.7 Å². The van der Waals surface area contributed by atoms with Crippen LogP contribution in [0.5, 0.6) is 0 Å². The quantitative estimate of drug-likeness (QED) is 0.779. The van der Waals surface area contributed by atoms with E-state index in [9.17, 15) is 0 Å². The number of rotatable bonds is 7. The van der Waals surface area contributed by atoms with Crippen molar-refractivity contribution >= 4 is 11.3 Å². The minimum Gasteiger partial charge on any atom is -0.316 e. The lowest BCUT2D eigenvalue weighted by atomic mass is 10.1. The van der Waals surface area contributed by atoms with Gasteiger partial charge in [0.15, 0.2) is 0 Å². The van der Waals surface area contributed by atoms with Crippen molar-refractivity contribution in [2.24, 2.45) is 17.8 Å². The largest absolute Gasteiger partial charge is 0.316 e. The van der Waals surface area contributed by atoms with Gasteiger partial charge in [0.05, 0.1) is 0 Å². The molecule has 0 amide bonds. The van der Waals surface area contributed by atoms with Crippen LogP contribution in [0.1, 0.15) is 55.5 Å². The molecule has 2 saturated carbocycles. The van der Waals surface area contributed by atoms with Crippen LogP contribution in [0.25, 0.3) is 0 Å². The van der Waals surface area contributed by atoms with Crippen molar-refractivity contribution in [1.29, 1.82) is 0 Å². The van der Waals surface area contributed by atoms with Crippen molar-refractivity contribution in [3.05, 3.63) is 10.0 Å². The molecule has 2 aliphatic carbocycles. The maximum Gasteiger partial charge on any atom is 0.120 e. The van der Waals surface area contributed by atoms with Gasteiger partial charge in [-0.25, -0.2) is 0 Å². The van der Waals surface area contributed by atoms with Crippen LogP contribution in [0.4, 0.5) is 0 Å². The second-order valence-electron chi connectivity index (χ2n) is 6.66. The molecule has 1 N–H and O–H groups in total. The summed E-state index contributed by atoms with van der Waals surface area (Å²) in [6, 6.07) is 0. The number of hydrogen-bond acceptors (Lipinski definition) is 4. The van der Waals surface area contributed by atoms with E-state index in [1.54, 1.807) is 0 Å². The molecule has 2 fully saturated rings. The highest BCUT2D eigenvalue weighted by atomic mass is 32.1. The standard InChI is InChI=1S/C15H25N3S/c1-10(2)9-16-5-3-4-14-17-18-15(19-14)13-7-11-6-12(11)8-13/h10-13,16H,3-9H2,1-2H3. The van der Waals surface area contributed by atoms with Crippen LogP contribution in [-0.4, -0.2) is 23.3 Å². The average Bonchev–Trinajstić information content (AvgIpc) is 2.80. The van der Waals surface area contributed by atoms with E-state index in [0.717, 1.165) is 43.2 Å². The Kier molecular flexibility index (Phi) is 4.18. The highest BCUT2D eigenvalue weighted by molar-refractivity contribution is 7.11. The lowest BCUT2D eigenvalue weighted by Gasteiger charge is -2.06. The summed E-state index contributed by atoms with van der Waals surface area (Å²) in [6.07, 6.45) is 6.52. The Morgan fingerprint density at radius 3 is 2.74 bits per heavy atom. The van der Waals surface area contributed by atoms with E-state index in [4.69, 9.17) is 0 Å². The van der Waals surface area contributed by atoms with Gasteiger partial charge < -0.3 is 5.32 Å². The van der Waals surface area contributed by atoms with Crippen molar-refractivity contribution in [3.8, 4) is 0 Å². The first-order valence-corrected chi connectivity index (χ1v) is 8.57. The number of aryl methyl sites for hydroxylation is 1. The Labute approximate surface area is 120 Å². The third-order valence-electron chi connectivity index (χ3n) is 4.37. The molecule has 106 valence electrons. The second kappa shape index (κ2) is 5.88. The van der Waals surface area contributed by atoms with Crippen molar-refractivity contribution in [2.45, 2.75) is 51.9 Å². The molecule has 0 bridgehead atoms. The van der Waals surface area contributed by atoms with Crippen LogP contribution in [-0.2, 0) is 6.42 Å². The molecule has 0 radical (unpaired) electrons. The zero-order chi connectivity index (χ0) is 13.2. The first-order valence-electron chi connectivity index (χ1n) is 7.75. The van der Waals surface area contributed by atoms with Crippen LogP contribution < -0.4 is 5.32 Å². The van der Waals surface area contributed by atoms with Gasteiger partial charge in [-0.1, -0.05) is 13.8 Å². The molecule has 0 aliphatic heterocycles. The molecule has 0 aromatic carbocycles. The predicted molar refractivity (Wildman–Crippen MR) is 79.5 cm³/mol. The van der Waals surface area contributed by atoms with Crippen molar-refractivity contribution in [3.63, 3.8) is 0 Å². The van der Waals surface area contributed by atoms with Crippen LogP contribution in [0, 0.1) is 17.8 Å². The lowest BCUT2D eigenvalue weighted by Crippen LogP contribution is -2.21. The maximum absolute atomic E-state index is 4.43. The van der Waals surface area contributed by atoms with Gasteiger partial charge in [-0.05, 0) is 56.5 Å². The van der Waals surface area contributed by atoms with Crippen LogP contribution in [0.15, 0.2) is 0 Å². The Morgan fingerprint density at radius 2 is 2.00 bits per heavy atom. The minimum atomic E-state index is 0.738. The third kappa shape index (κ3) is 3.54. The monoisotopic (exact) mass is 279 g/mol. The Balaban J connectivity index is 1.38. The summed E-state index contributed by atoms with van der Waals surface area (Å²) in [5.41, 5.74) is 0. The predicted octanol–water partition coefficient (Wildman–Crippen LogP) is 3.23. The molecular formula is C15H25N3S. The molecule has 3 rings (SSSR count). The Bertz CT molecular complexity index is 405. The molecule has 2 aliphatic rings. The number of nitrogens with zero attached hydrogens (tertiary/aromatic N) is 2. The van der Waals surface area contributed by atoms with Crippen LogP contribution in [0.2, 0.25) is 0 Å². The molecule has 0 spiro atoms. The normalized spacial score (nSPS) is 28.9. The van der Waals surface area contributed by atoms with E-state index in [0.29, 0.717) is 0 Å². The molecule has 0 saturated heterocycles. The minimum absolute atomic E-state index is 0.738. The highest BCUT2D eigenvalue weighted by Crippen LogP contribution is 2.57. The van der Waals surface area contributed by atoms with Gasteiger partial charge in [0.25, 0.3) is 0 Å². The van der Waals surface area contributed by atoms with Crippen molar-refractivity contribution in [1.82, 2.24) is 15.5 Å². The number of nitrogens with one attached hydrogen (secondary N) is 1.